The van der Waals surface area contributed by atoms with Crippen molar-refractivity contribution in [1.82, 2.24) is 20.6 Å². The molecule has 36 heavy (non-hydrogen) atoms. The molecule has 2 amide bonds. The van der Waals surface area contributed by atoms with Gasteiger partial charge in [0.15, 0.2) is 5.96 Å². The van der Waals surface area contributed by atoms with E-state index in [9.17, 15) is 19.5 Å². The molecule has 11 nitrogen and oxygen atoms in total. The molecule has 0 saturated carbocycles. The predicted octanol–water partition coefficient (Wildman–Crippen LogP) is 1.60. The minimum atomic E-state index is -1.17. The van der Waals surface area contributed by atoms with Gasteiger partial charge in [0.05, 0.1) is 6.33 Å². The second-order valence-electron chi connectivity index (χ2n) is 8.83. The van der Waals surface area contributed by atoms with Gasteiger partial charge < -0.3 is 32.2 Å². The molecule has 8 N–H and O–H groups in total. The molecule has 199 valence electrons. The van der Waals surface area contributed by atoms with Crippen molar-refractivity contribution in [2.75, 3.05) is 6.54 Å². The number of aromatic nitrogens is 2. The number of nitrogens with zero attached hydrogens (tertiary/aromatic N) is 2. The summed E-state index contributed by atoms with van der Waals surface area (Å²) in [5, 5.41) is 14.8. The Kier molecular flexibility index (Phi) is 19.8. The molecule has 0 aliphatic rings. The Balaban J connectivity index is 0.0000122. The van der Waals surface area contributed by atoms with Crippen LogP contribution in [0.25, 0.3) is 0 Å². The number of carbonyl (C=O) groups is 3. The van der Waals surface area contributed by atoms with Gasteiger partial charge in [0.2, 0.25) is 11.8 Å². The topological polar surface area (TPSA) is 189 Å². The number of guanidine groups is 1. The monoisotopic (exact) mass is 516 g/mol. The summed E-state index contributed by atoms with van der Waals surface area (Å²) in [5.41, 5.74) is 11.3. The number of hydrogen-bond acceptors (Lipinski definition) is 5. The minimum absolute atomic E-state index is 0. The van der Waals surface area contributed by atoms with E-state index in [0.717, 1.165) is 19.3 Å². The van der Waals surface area contributed by atoms with Gasteiger partial charge in [0.25, 0.3) is 0 Å². The fraction of sp³-hybridized carbons (Fsp3) is 0.708. The first-order valence-corrected chi connectivity index (χ1v) is 12.7. The first-order valence-electron chi connectivity index (χ1n) is 12.7. The molecule has 0 saturated heterocycles. The Morgan fingerprint density at radius 1 is 1.00 bits per heavy atom. The van der Waals surface area contributed by atoms with Crippen LogP contribution in [0.3, 0.4) is 0 Å². The molecule has 0 aliphatic heterocycles. The van der Waals surface area contributed by atoms with E-state index in [4.69, 9.17) is 11.5 Å². The number of nitrogens with two attached hydrogens (primary N) is 2. The molecule has 1 aromatic rings. The number of carbonyl (C=O) groups excluding carboxylic acids is 2. The van der Waals surface area contributed by atoms with E-state index in [1.165, 1.54) is 51.0 Å². The number of imidazole rings is 1. The third kappa shape index (κ3) is 16.5. The van der Waals surface area contributed by atoms with Gasteiger partial charge in [-0.25, -0.2) is 9.78 Å². The van der Waals surface area contributed by atoms with Gasteiger partial charge in [0.1, 0.15) is 12.1 Å². The number of aliphatic carboxylic acids is 1. The number of hydrogen-bond donors (Lipinski definition) is 6. The van der Waals surface area contributed by atoms with Gasteiger partial charge in [-0.05, 0) is 19.3 Å². The van der Waals surface area contributed by atoms with Crippen LogP contribution in [-0.4, -0.2) is 87.0 Å². The van der Waals surface area contributed by atoms with Crippen LogP contribution < -0.4 is 22.1 Å². The molecule has 0 bridgehead atoms. The molecule has 1 rings (SSSR count). The summed E-state index contributed by atoms with van der Waals surface area (Å²) in [7, 11) is 0. The second-order valence-corrected chi connectivity index (χ2v) is 8.83. The SMILES string of the molecule is CCCCCCCCCCCC(=O)N[C@@H](CCCN=C(N)N)C(=O)N[C@@H](Cc1cnc[nH]1)C(=O)O.[Na]. The zero-order valence-electron chi connectivity index (χ0n) is 21.9. The maximum Gasteiger partial charge on any atom is 0.326 e. The summed E-state index contributed by atoms with van der Waals surface area (Å²) < 4.78 is 0. The van der Waals surface area contributed by atoms with Crippen molar-refractivity contribution in [3.8, 4) is 0 Å². The van der Waals surface area contributed by atoms with Crippen LogP contribution in [0.2, 0.25) is 0 Å². The van der Waals surface area contributed by atoms with Gasteiger partial charge in [-0.3, -0.25) is 14.6 Å². The Morgan fingerprint density at radius 3 is 2.19 bits per heavy atom. The fourth-order valence-electron chi connectivity index (χ4n) is 3.72. The van der Waals surface area contributed by atoms with Crippen molar-refractivity contribution in [2.45, 2.75) is 102 Å². The largest absolute Gasteiger partial charge is 0.480 e. The third-order valence-electron chi connectivity index (χ3n) is 5.70. The molecule has 0 spiro atoms. The zero-order valence-corrected chi connectivity index (χ0v) is 23.9. The number of H-pyrrole nitrogens is 1. The van der Waals surface area contributed by atoms with E-state index in [2.05, 4.69) is 32.5 Å². The number of unbranched alkanes of at least 4 members (excludes halogenated alkanes) is 8. The maximum absolute atomic E-state index is 12.9. The van der Waals surface area contributed by atoms with Crippen LogP contribution in [0.5, 0.6) is 0 Å². The van der Waals surface area contributed by atoms with Gasteiger partial charge in [-0.15, -0.1) is 0 Å². The van der Waals surface area contributed by atoms with E-state index in [1.54, 1.807) is 0 Å². The summed E-state index contributed by atoms with van der Waals surface area (Å²) >= 11 is 0. The van der Waals surface area contributed by atoms with E-state index in [-0.39, 0.29) is 54.3 Å². The number of carboxylic acid groups (broad SMARTS) is 1. The summed E-state index contributed by atoms with van der Waals surface area (Å²) in [6.07, 6.45) is 14.3. The maximum atomic E-state index is 12.9. The van der Waals surface area contributed by atoms with Crippen LogP contribution in [0.1, 0.15) is 89.7 Å². The van der Waals surface area contributed by atoms with E-state index >= 15 is 0 Å². The van der Waals surface area contributed by atoms with Crippen LogP contribution in [0.15, 0.2) is 17.5 Å². The van der Waals surface area contributed by atoms with Crippen molar-refractivity contribution in [2.24, 2.45) is 16.5 Å². The molecular weight excluding hydrogens is 473 g/mol. The molecule has 0 aromatic carbocycles. The molecule has 12 heteroatoms. The minimum Gasteiger partial charge on any atom is -0.480 e. The van der Waals surface area contributed by atoms with Gasteiger partial charge in [-0.2, -0.15) is 0 Å². The average Bonchev–Trinajstić information content (AvgIpc) is 3.32. The Morgan fingerprint density at radius 2 is 1.64 bits per heavy atom. The average molecular weight is 517 g/mol. The number of aliphatic imine (C=N–C) groups is 1. The molecular formula is C24H43N7NaO4. The number of nitrogens with one attached hydrogen (secondary N) is 3. The molecule has 1 radical (unpaired) electrons. The molecule has 1 aromatic heterocycles. The number of rotatable bonds is 20. The molecule has 1 heterocycles. The molecule has 0 fully saturated rings. The first kappa shape index (κ1) is 33.9. The number of amides is 2. The first-order chi connectivity index (χ1) is 16.8. The van der Waals surface area contributed by atoms with E-state index in [1.807, 2.05) is 0 Å². The van der Waals surface area contributed by atoms with E-state index in [0.29, 0.717) is 25.1 Å². The quantitative estimate of drug-likeness (QED) is 0.0656. The van der Waals surface area contributed by atoms with Gasteiger partial charge in [-0.1, -0.05) is 58.3 Å². The standard InChI is InChI=1S/C24H43N7O4.Na/c1-2-3-4-5-6-7-8-9-10-13-21(32)30-19(12-11-14-28-24(25)26)22(33)31-20(23(34)35)15-18-16-27-17-29-18;/h16-17,19-20H,2-15H2,1H3,(H,27,29)(H,30,32)(H,31,33)(H,34,35)(H4,25,26,28);/t19-,20-;/m0./s1. The fourth-order valence-corrected chi connectivity index (χ4v) is 3.72. The summed E-state index contributed by atoms with van der Waals surface area (Å²) in [5.74, 6) is -2.00. The zero-order chi connectivity index (χ0) is 25.9. The normalized spacial score (nSPS) is 12.1. The smallest absolute Gasteiger partial charge is 0.326 e. The molecule has 2 atom stereocenters. The number of carboxylic acids is 1. The van der Waals surface area contributed by atoms with Crippen LogP contribution >= 0.6 is 0 Å². The molecule has 0 unspecified atom stereocenters. The predicted molar refractivity (Wildman–Crippen MR) is 141 cm³/mol. The van der Waals surface area contributed by atoms with Gasteiger partial charge in [0, 0.05) is 60.8 Å². The van der Waals surface area contributed by atoms with Crippen LogP contribution in [-0.2, 0) is 20.8 Å². The number of aromatic amines is 1. The second kappa shape index (κ2) is 21.0. The van der Waals surface area contributed by atoms with Crippen molar-refractivity contribution in [3.05, 3.63) is 18.2 Å². The Hall–Kier alpha value is -2.11. The van der Waals surface area contributed by atoms with Crippen LogP contribution in [0, 0.1) is 0 Å². The summed E-state index contributed by atoms with van der Waals surface area (Å²) in [4.78, 5) is 47.6. The van der Waals surface area contributed by atoms with Crippen molar-refractivity contribution in [3.63, 3.8) is 0 Å². The summed E-state index contributed by atoms with van der Waals surface area (Å²) in [6, 6.07) is -2.03. The van der Waals surface area contributed by atoms with Crippen LogP contribution in [0.4, 0.5) is 0 Å². The third-order valence-corrected chi connectivity index (χ3v) is 5.70. The summed E-state index contributed by atoms with van der Waals surface area (Å²) in [6.45, 7) is 2.51. The molecule has 0 aliphatic carbocycles. The Bertz CT molecular complexity index is 771. The van der Waals surface area contributed by atoms with Crippen molar-refractivity contribution < 1.29 is 19.5 Å². The van der Waals surface area contributed by atoms with Crippen molar-refractivity contribution in [1.29, 1.82) is 0 Å². The Labute approximate surface area is 236 Å². The van der Waals surface area contributed by atoms with E-state index < -0.39 is 24.0 Å². The van der Waals surface area contributed by atoms with Gasteiger partial charge >= 0.3 is 5.97 Å². The van der Waals surface area contributed by atoms with Crippen molar-refractivity contribution >= 4 is 53.3 Å².